The second-order valence-electron chi connectivity index (χ2n) is 4.33. The molecule has 0 unspecified atom stereocenters. The summed E-state index contributed by atoms with van der Waals surface area (Å²) in [5, 5.41) is 0. The van der Waals surface area contributed by atoms with Crippen molar-refractivity contribution in [1.82, 2.24) is 4.72 Å². The average Bonchev–Trinajstić information content (AvgIpc) is 2.33. The highest BCUT2D eigenvalue weighted by atomic mass is 32.2. The molecule has 0 aliphatic rings. The van der Waals surface area contributed by atoms with Gasteiger partial charge in [-0.3, -0.25) is 0 Å². The zero-order valence-corrected chi connectivity index (χ0v) is 11.6. The zero-order valence-electron chi connectivity index (χ0n) is 10.8. The molecule has 0 amide bonds. The Morgan fingerprint density at radius 2 is 1.70 bits per heavy atom. The van der Waals surface area contributed by atoms with Gasteiger partial charge in [0.1, 0.15) is 0 Å². The highest BCUT2D eigenvalue weighted by molar-refractivity contribution is 7.89. The molecule has 0 aliphatic heterocycles. The van der Waals surface area contributed by atoms with Crippen LogP contribution in [0.2, 0.25) is 0 Å². The molecule has 3 N–H and O–H groups in total. The summed E-state index contributed by atoms with van der Waals surface area (Å²) in [4.78, 5) is -0.0452. The monoisotopic (exact) mass is 310 g/mol. The summed E-state index contributed by atoms with van der Waals surface area (Å²) in [6.07, 6.45) is -4.06. The lowest BCUT2D eigenvalue weighted by molar-refractivity contribution is -0.127. The predicted molar refractivity (Wildman–Crippen MR) is 69.7 cm³/mol. The Morgan fingerprint density at radius 3 is 2.20 bits per heavy atom. The van der Waals surface area contributed by atoms with Crippen molar-refractivity contribution >= 4 is 10.0 Å². The van der Waals surface area contributed by atoms with Crippen molar-refractivity contribution in [2.75, 3.05) is 13.1 Å². The van der Waals surface area contributed by atoms with E-state index in [9.17, 15) is 21.6 Å². The molecule has 1 aromatic rings. The molecule has 0 radical (unpaired) electrons. The first-order valence-electron chi connectivity index (χ1n) is 6.10. The van der Waals surface area contributed by atoms with Gasteiger partial charge in [-0.15, -0.1) is 0 Å². The van der Waals surface area contributed by atoms with Crippen LogP contribution in [0.5, 0.6) is 0 Å². The van der Waals surface area contributed by atoms with E-state index in [1.54, 1.807) is 0 Å². The van der Waals surface area contributed by atoms with Crippen LogP contribution in [0, 0.1) is 0 Å². The van der Waals surface area contributed by atoms with Gasteiger partial charge in [0, 0.05) is 6.54 Å². The van der Waals surface area contributed by atoms with Gasteiger partial charge in [0.15, 0.2) is 0 Å². The number of hydrogen-bond acceptors (Lipinski definition) is 3. The SMILES string of the molecule is NCCCCNS(=O)(=O)c1ccc(CC(F)(F)F)cc1. The van der Waals surface area contributed by atoms with Crippen LogP contribution in [0.4, 0.5) is 13.2 Å². The first kappa shape index (κ1) is 16.9. The lowest BCUT2D eigenvalue weighted by atomic mass is 10.1. The molecule has 0 heterocycles. The maximum atomic E-state index is 12.2. The summed E-state index contributed by atoms with van der Waals surface area (Å²) >= 11 is 0. The van der Waals surface area contributed by atoms with Gasteiger partial charge in [0.25, 0.3) is 0 Å². The minimum Gasteiger partial charge on any atom is -0.330 e. The number of nitrogens with one attached hydrogen (secondary N) is 1. The van der Waals surface area contributed by atoms with Crippen LogP contribution >= 0.6 is 0 Å². The van der Waals surface area contributed by atoms with E-state index in [0.717, 1.165) is 0 Å². The van der Waals surface area contributed by atoms with Gasteiger partial charge < -0.3 is 5.73 Å². The Hall–Kier alpha value is -1.12. The Kier molecular flexibility index (Phi) is 5.97. The molecule has 1 rings (SSSR count). The number of halogens is 3. The molecule has 20 heavy (non-hydrogen) atoms. The van der Waals surface area contributed by atoms with Crippen molar-refractivity contribution in [2.24, 2.45) is 5.73 Å². The average molecular weight is 310 g/mol. The Morgan fingerprint density at radius 1 is 1.10 bits per heavy atom. The second kappa shape index (κ2) is 7.05. The minimum absolute atomic E-state index is 0.0274. The van der Waals surface area contributed by atoms with Gasteiger partial charge in [0.2, 0.25) is 10.0 Å². The van der Waals surface area contributed by atoms with Gasteiger partial charge in [-0.05, 0) is 37.1 Å². The summed E-state index contributed by atoms with van der Waals surface area (Å²) in [6, 6.07) is 4.68. The number of nitrogens with two attached hydrogens (primary N) is 1. The fraction of sp³-hybridized carbons (Fsp3) is 0.500. The highest BCUT2D eigenvalue weighted by Crippen LogP contribution is 2.22. The molecule has 0 bridgehead atoms. The standard InChI is InChI=1S/C12H17F3N2O2S/c13-12(14,15)9-10-3-5-11(6-4-10)20(18,19)17-8-2-1-7-16/h3-6,17H,1-2,7-9,16H2. The molecule has 0 aromatic heterocycles. The summed E-state index contributed by atoms with van der Waals surface area (Å²) in [5.41, 5.74) is 5.31. The molecule has 4 nitrogen and oxygen atoms in total. The zero-order chi connectivity index (χ0) is 15.2. The fourth-order valence-corrected chi connectivity index (χ4v) is 2.65. The van der Waals surface area contributed by atoms with E-state index in [1.807, 2.05) is 0 Å². The van der Waals surface area contributed by atoms with Gasteiger partial charge in [-0.25, -0.2) is 13.1 Å². The third kappa shape index (κ3) is 5.89. The van der Waals surface area contributed by atoms with Crippen molar-refractivity contribution in [3.8, 4) is 0 Å². The highest BCUT2D eigenvalue weighted by Gasteiger charge is 2.27. The number of alkyl halides is 3. The van der Waals surface area contributed by atoms with Crippen molar-refractivity contribution in [2.45, 2.75) is 30.3 Å². The van der Waals surface area contributed by atoms with Crippen molar-refractivity contribution < 1.29 is 21.6 Å². The number of rotatable bonds is 7. The molecular formula is C12H17F3N2O2S. The van der Waals surface area contributed by atoms with E-state index in [1.165, 1.54) is 24.3 Å². The molecule has 0 saturated heterocycles. The largest absolute Gasteiger partial charge is 0.393 e. The number of hydrogen-bond donors (Lipinski definition) is 2. The smallest absolute Gasteiger partial charge is 0.330 e. The third-order valence-electron chi connectivity index (χ3n) is 2.56. The van der Waals surface area contributed by atoms with Crippen molar-refractivity contribution in [3.05, 3.63) is 29.8 Å². The van der Waals surface area contributed by atoms with Gasteiger partial charge in [-0.1, -0.05) is 12.1 Å². The van der Waals surface area contributed by atoms with Crippen LogP contribution in [0.25, 0.3) is 0 Å². The lowest BCUT2D eigenvalue weighted by Crippen LogP contribution is -2.25. The molecule has 0 spiro atoms. The fourth-order valence-electron chi connectivity index (χ4n) is 1.58. The second-order valence-corrected chi connectivity index (χ2v) is 6.10. The molecule has 8 heteroatoms. The minimum atomic E-state index is -4.30. The van der Waals surface area contributed by atoms with Crippen molar-refractivity contribution in [3.63, 3.8) is 0 Å². The number of unbranched alkanes of at least 4 members (excludes halogenated alkanes) is 1. The molecule has 0 aliphatic carbocycles. The van der Waals surface area contributed by atoms with Gasteiger partial charge in [0.05, 0.1) is 11.3 Å². The van der Waals surface area contributed by atoms with Crippen LogP contribution < -0.4 is 10.5 Å². The van der Waals surface area contributed by atoms with Crippen LogP contribution in [-0.2, 0) is 16.4 Å². The molecule has 0 atom stereocenters. The van der Waals surface area contributed by atoms with Gasteiger partial charge in [-0.2, -0.15) is 13.2 Å². The lowest BCUT2D eigenvalue weighted by Gasteiger charge is -2.09. The molecule has 0 saturated carbocycles. The normalized spacial score (nSPS) is 12.6. The van der Waals surface area contributed by atoms with E-state index in [0.29, 0.717) is 19.4 Å². The molecule has 0 fully saturated rings. The van der Waals surface area contributed by atoms with E-state index in [-0.39, 0.29) is 17.0 Å². The van der Waals surface area contributed by atoms with E-state index in [4.69, 9.17) is 5.73 Å². The Balaban J connectivity index is 2.67. The summed E-state index contributed by atoms with van der Waals surface area (Å²) in [7, 11) is -3.67. The molecular weight excluding hydrogens is 293 g/mol. The van der Waals surface area contributed by atoms with Crippen LogP contribution in [0.1, 0.15) is 18.4 Å². The van der Waals surface area contributed by atoms with E-state index < -0.39 is 22.6 Å². The number of benzene rings is 1. The number of sulfonamides is 1. The van der Waals surface area contributed by atoms with Crippen molar-refractivity contribution in [1.29, 1.82) is 0 Å². The third-order valence-corrected chi connectivity index (χ3v) is 4.04. The van der Waals surface area contributed by atoms with Crippen LogP contribution in [0.3, 0.4) is 0 Å². The maximum absolute atomic E-state index is 12.2. The Bertz CT molecular complexity index is 512. The Labute approximate surface area is 116 Å². The summed E-state index contributed by atoms with van der Waals surface area (Å²) < 4.78 is 62.5. The predicted octanol–water partition coefficient (Wildman–Crippen LogP) is 1.81. The van der Waals surface area contributed by atoms with Crippen LogP contribution in [-0.4, -0.2) is 27.7 Å². The van der Waals surface area contributed by atoms with E-state index in [2.05, 4.69) is 4.72 Å². The topological polar surface area (TPSA) is 72.2 Å². The van der Waals surface area contributed by atoms with Gasteiger partial charge >= 0.3 is 6.18 Å². The summed E-state index contributed by atoms with van der Waals surface area (Å²) in [5.74, 6) is 0. The maximum Gasteiger partial charge on any atom is 0.393 e. The van der Waals surface area contributed by atoms with E-state index >= 15 is 0 Å². The molecule has 114 valence electrons. The quantitative estimate of drug-likeness (QED) is 0.754. The molecule has 1 aromatic carbocycles. The first-order valence-corrected chi connectivity index (χ1v) is 7.58. The first-order chi connectivity index (χ1) is 9.24. The summed E-state index contributed by atoms with van der Waals surface area (Å²) in [6.45, 7) is 0.734. The van der Waals surface area contributed by atoms with Crippen LogP contribution in [0.15, 0.2) is 29.2 Å².